The Morgan fingerprint density at radius 3 is 2.62 bits per heavy atom. The van der Waals surface area contributed by atoms with Crippen LogP contribution in [0, 0.1) is 0 Å². The number of hydrogen-bond donors (Lipinski definition) is 1. The number of nitrogens with zero attached hydrogens (tertiary/aromatic N) is 2. The molecule has 0 aromatic carbocycles. The largest absolute Gasteiger partial charge is 0.491 e. The second-order valence-electron chi connectivity index (χ2n) is 3.84. The van der Waals surface area contributed by atoms with Crippen LogP contribution in [0.1, 0.15) is 12.8 Å². The molecule has 1 aliphatic heterocycles. The molecule has 90 valence electrons. The summed E-state index contributed by atoms with van der Waals surface area (Å²) in [6.07, 6.45) is 6.19. The van der Waals surface area contributed by atoms with Crippen LogP contribution in [0.5, 0.6) is 5.75 Å². The Kier molecular flexibility index (Phi) is 6.53. The lowest BCUT2D eigenvalue weighted by Crippen LogP contribution is -2.10. The normalized spacial score (nSPS) is 15.4. The third-order valence-corrected chi connectivity index (χ3v) is 2.35. The van der Waals surface area contributed by atoms with Gasteiger partial charge in [0.05, 0.1) is 6.20 Å². The van der Waals surface area contributed by atoms with Gasteiger partial charge < -0.3 is 15.4 Å². The average Bonchev–Trinajstić information content (AvgIpc) is 2.80. The van der Waals surface area contributed by atoms with E-state index < -0.39 is 0 Å². The molecule has 2 heterocycles. The molecule has 2 rings (SSSR count). The van der Waals surface area contributed by atoms with Gasteiger partial charge in [0.1, 0.15) is 12.4 Å². The van der Waals surface area contributed by atoms with Gasteiger partial charge in [-0.1, -0.05) is 0 Å². The molecule has 0 amide bonds. The Morgan fingerprint density at radius 1 is 1.44 bits per heavy atom. The molecule has 16 heavy (non-hydrogen) atoms. The zero-order valence-electron chi connectivity index (χ0n) is 9.93. The maximum atomic E-state index is 5.23. The van der Waals surface area contributed by atoms with Crippen molar-refractivity contribution in [3.8, 4) is 5.75 Å². The van der Waals surface area contributed by atoms with Gasteiger partial charge in [-0.2, -0.15) is 0 Å². The molecule has 1 saturated heterocycles. The van der Waals surface area contributed by atoms with Crippen LogP contribution in [0.3, 0.4) is 0 Å². The Balaban J connectivity index is 0.000000181. The Morgan fingerprint density at radius 2 is 2.19 bits per heavy atom. The standard InChI is InChI=1S/C7H10N2O.C5H11N/c8-3-5-10-7-2-1-4-9-6-7;1-6-4-2-3-5-6/h1-2,4,6H,3,5,8H2;2-5H2,1H3. The summed E-state index contributed by atoms with van der Waals surface area (Å²) in [6, 6.07) is 3.68. The predicted octanol–water partition coefficient (Wildman–Crippen LogP) is 1.13. The van der Waals surface area contributed by atoms with Crippen molar-refractivity contribution >= 4 is 0 Å². The summed E-state index contributed by atoms with van der Waals surface area (Å²) in [5, 5.41) is 0. The van der Waals surface area contributed by atoms with Crippen LogP contribution >= 0.6 is 0 Å². The summed E-state index contributed by atoms with van der Waals surface area (Å²) >= 11 is 0. The van der Waals surface area contributed by atoms with Crippen LogP contribution in [0.15, 0.2) is 24.5 Å². The van der Waals surface area contributed by atoms with E-state index in [1.807, 2.05) is 12.1 Å². The summed E-state index contributed by atoms with van der Waals surface area (Å²) in [5.74, 6) is 0.771. The average molecular weight is 223 g/mol. The Hall–Kier alpha value is -1.13. The van der Waals surface area contributed by atoms with Gasteiger partial charge in [-0.3, -0.25) is 4.98 Å². The van der Waals surface area contributed by atoms with Crippen molar-refractivity contribution in [1.82, 2.24) is 9.88 Å². The second kappa shape index (κ2) is 8.07. The molecule has 0 atom stereocenters. The van der Waals surface area contributed by atoms with Crippen LogP contribution in [-0.4, -0.2) is 43.2 Å². The van der Waals surface area contributed by atoms with E-state index in [2.05, 4.69) is 16.9 Å². The van der Waals surface area contributed by atoms with Crippen LogP contribution < -0.4 is 10.5 Å². The highest BCUT2D eigenvalue weighted by Gasteiger charge is 2.03. The van der Waals surface area contributed by atoms with Gasteiger partial charge in [0.2, 0.25) is 0 Å². The fraction of sp³-hybridized carbons (Fsp3) is 0.583. The molecule has 1 aromatic heterocycles. The molecule has 0 saturated carbocycles. The molecule has 0 bridgehead atoms. The molecule has 1 aliphatic rings. The number of nitrogens with two attached hydrogens (primary N) is 1. The van der Waals surface area contributed by atoms with E-state index in [0.717, 1.165) is 5.75 Å². The number of hydrogen-bond acceptors (Lipinski definition) is 4. The van der Waals surface area contributed by atoms with E-state index in [9.17, 15) is 0 Å². The van der Waals surface area contributed by atoms with Gasteiger partial charge in [-0.15, -0.1) is 0 Å². The second-order valence-corrected chi connectivity index (χ2v) is 3.84. The fourth-order valence-corrected chi connectivity index (χ4v) is 1.48. The minimum Gasteiger partial charge on any atom is -0.491 e. The SMILES string of the molecule is CN1CCCC1.NCCOc1cccnc1. The first kappa shape index (κ1) is 12.9. The molecule has 1 aromatic rings. The van der Waals surface area contributed by atoms with Crippen LogP contribution in [0.4, 0.5) is 0 Å². The lowest BCUT2D eigenvalue weighted by Gasteiger charge is -2.01. The highest BCUT2D eigenvalue weighted by molar-refractivity contribution is 5.15. The first-order valence-corrected chi connectivity index (χ1v) is 5.74. The maximum absolute atomic E-state index is 5.23. The molecule has 0 unspecified atom stereocenters. The molecule has 4 nitrogen and oxygen atoms in total. The van der Waals surface area contributed by atoms with E-state index in [-0.39, 0.29) is 0 Å². The molecule has 4 heteroatoms. The monoisotopic (exact) mass is 223 g/mol. The van der Waals surface area contributed by atoms with Gasteiger partial charge in [-0.25, -0.2) is 0 Å². The first-order chi connectivity index (χ1) is 7.83. The van der Waals surface area contributed by atoms with Crippen molar-refractivity contribution in [2.24, 2.45) is 5.73 Å². The van der Waals surface area contributed by atoms with Gasteiger partial charge in [0.15, 0.2) is 0 Å². The van der Waals surface area contributed by atoms with E-state index in [1.165, 1.54) is 25.9 Å². The minimum absolute atomic E-state index is 0.537. The van der Waals surface area contributed by atoms with Gasteiger partial charge in [0, 0.05) is 12.7 Å². The van der Waals surface area contributed by atoms with E-state index in [1.54, 1.807) is 12.4 Å². The van der Waals surface area contributed by atoms with Crippen molar-refractivity contribution in [2.75, 3.05) is 33.3 Å². The highest BCUT2D eigenvalue weighted by Crippen LogP contribution is 2.04. The molecular formula is C12H21N3O. The third kappa shape index (κ3) is 5.68. The summed E-state index contributed by atoms with van der Waals surface area (Å²) < 4.78 is 5.17. The van der Waals surface area contributed by atoms with Crippen LogP contribution in [-0.2, 0) is 0 Å². The van der Waals surface area contributed by atoms with E-state index in [4.69, 9.17) is 10.5 Å². The number of ether oxygens (including phenoxy) is 1. The quantitative estimate of drug-likeness (QED) is 0.834. The first-order valence-electron chi connectivity index (χ1n) is 5.74. The smallest absolute Gasteiger partial charge is 0.137 e. The molecule has 0 spiro atoms. The number of pyridine rings is 1. The Labute approximate surface area is 97.4 Å². The summed E-state index contributed by atoms with van der Waals surface area (Å²) in [7, 11) is 2.17. The summed E-state index contributed by atoms with van der Waals surface area (Å²) in [4.78, 5) is 6.23. The molecule has 0 aliphatic carbocycles. The third-order valence-electron chi connectivity index (χ3n) is 2.35. The molecule has 2 N–H and O–H groups in total. The van der Waals surface area contributed by atoms with Crippen molar-refractivity contribution in [1.29, 1.82) is 0 Å². The Bertz CT molecular complexity index is 260. The number of likely N-dealkylation sites (tertiary alicyclic amines) is 1. The van der Waals surface area contributed by atoms with Crippen LogP contribution in [0.2, 0.25) is 0 Å². The predicted molar refractivity (Wildman–Crippen MR) is 65.5 cm³/mol. The number of rotatable bonds is 3. The van der Waals surface area contributed by atoms with Crippen molar-refractivity contribution in [3.05, 3.63) is 24.5 Å². The lowest BCUT2D eigenvalue weighted by atomic mass is 10.4. The maximum Gasteiger partial charge on any atom is 0.137 e. The van der Waals surface area contributed by atoms with E-state index in [0.29, 0.717) is 13.2 Å². The highest BCUT2D eigenvalue weighted by atomic mass is 16.5. The summed E-state index contributed by atoms with van der Waals surface area (Å²) in [6.45, 7) is 3.72. The van der Waals surface area contributed by atoms with Gasteiger partial charge in [-0.05, 0) is 45.1 Å². The minimum atomic E-state index is 0.537. The molecular weight excluding hydrogens is 202 g/mol. The lowest BCUT2D eigenvalue weighted by molar-refractivity contribution is 0.327. The fourth-order valence-electron chi connectivity index (χ4n) is 1.48. The number of aromatic nitrogens is 1. The van der Waals surface area contributed by atoms with Gasteiger partial charge in [0.25, 0.3) is 0 Å². The van der Waals surface area contributed by atoms with Crippen molar-refractivity contribution in [3.63, 3.8) is 0 Å². The molecule has 0 radical (unpaired) electrons. The molecule has 1 fully saturated rings. The van der Waals surface area contributed by atoms with Gasteiger partial charge >= 0.3 is 0 Å². The van der Waals surface area contributed by atoms with Crippen molar-refractivity contribution in [2.45, 2.75) is 12.8 Å². The zero-order chi connectivity index (χ0) is 11.6. The zero-order valence-corrected chi connectivity index (χ0v) is 9.93. The van der Waals surface area contributed by atoms with Crippen LogP contribution in [0.25, 0.3) is 0 Å². The van der Waals surface area contributed by atoms with E-state index >= 15 is 0 Å². The van der Waals surface area contributed by atoms with Crippen molar-refractivity contribution < 1.29 is 4.74 Å². The summed E-state index contributed by atoms with van der Waals surface area (Å²) in [5.41, 5.74) is 5.23. The topological polar surface area (TPSA) is 51.4 Å².